The average molecular weight is 410 g/mol. The summed E-state index contributed by atoms with van der Waals surface area (Å²) in [5.74, 6) is -0.417. The Balaban J connectivity index is 1.81. The molecule has 1 amide bonds. The second kappa shape index (κ2) is 5.70. The Morgan fingerprint density at radius 2 is 2.16 bits per heavy atom. The number of carbonyl (C=O) groups is 1. The van der Waals surface area contributed by atoms with Gasteiger partial charge in [-0.2, -0.15) is 0 Å². The summed E-state index contributed by atoms with van der Waals surface area (Å²) >= 11 is 3.21. The number of fused-ring (bicyclic) bond motifs is 4. The van der Waals surface area contributed by atoms with Crippen molar-refractivity contribution in [3.05, 3.63) is 34.2 Å². The summed E-state index contributed by atoms with van der Waals surface area (Å²) in [4.78, 5) is 20.8. The molecule has 6 nitrogen and oxygen atoms in total. The molecule has 1 spiro atoms. The maximum Gasteiger partial charge on any atom is 0.240 e. The lowest BCUT2D eigenvalue weighted by Crippen LogP contribution is -2.64. The second-order valence-electron chi connectivity index (χ2n) is 6.75. The number of aliphatic hydroxyl groups is 2. The van der Waals surface area contributed by atoms with Gasteiger partial charge in [0, 0.05) is 43.7 Å². The molecule has 0 saturated carbocycles. The third kappa shape index (κ3) is 2.32. The van der Waals surface area contributed by atoms with Crippen molar-refractivity contribution in [2.45, 2.75) is 11.5 Å². The molecule has 1 atom stereocenters. The van der Waals surface area contributed by atoms with Crippen LogP contribution < -0.4 is 4.90 Å². The predicted molar refractivity (Wildman–Crippen MR) is 94.0 cm³/mol. The van der Waals surface area contributed by atoms with Crippen LogP contribution in [0, 0.1) is 5.82 Å². The molecule has 25 heavy (non-hydrogen) atoms. The number of β-amino-alcohol motifs (C(OH)–C–C–N with tert-alkyl or cyclic N) is 1. The highest BCUT2D eigenvalue weighted by molar-refractivity contribution is 9.10. The van der Waals surface area contributed by atoms with E-state index in [0.29, 0.717) is 29.6 Å². The molecule has 2 aliphatic heterocycles. The number of nitrogens with zero attached hydrogens (tertiary/aromatic N) is 3. The Bertz CT molecular complexity index is 885. The van der Waals surface area contributed by atoms with E-state index in [1.54, 1.807) is 24.2 Å². The monoisotopic (exact) mass is 409 g/mol. The first kappa shape index (κ1) is 16.8. The van der Waals surface area contributed by atoms with E-state index in [4.69, 9.17) is 5.11 Å². The fourth-order valence-electron chi connectivity index (χ4n) is 3.97. The van der Waals surface area contributed by atoms with Gasteiger partial charge in [-0.3, -0.25) is 14.7 Å². The Morgan fingerprint density at radius 3 is 2.84 bits per heavy atom. The third-order valence-corrected chi connectivity index (χ3v) is 5.72. The number of aliphatic hydroxyl groups excluding tert-OH is 2. The van der Waals surface area contributed by atoms with E-state index in [0.717, 1.165) is 16.6 Å². The van der Waals surface area contributed by atoms with Crippen LogP contribution in [0.25, 0.3) is 10.9 Å². The Morgan fingerprint density at radius 1 is 1.44 bits per heavy atom. The highest BCUT2D eigenvalue weighted by Crippen LogP contribution is 2.49. The molecule has 1 aromatic heterocycles. The summed E-state index contributed by atoms with van der Waals surface area (Å²) in [6.45, 7) is 0.904. The molecular weight excluding hydrogens is 393 g/mol. The van der Waals surface area contributed by atoms with Crippen LogP contribution in [0.5, 0.6) is 0 Å². The summed E-state index contributed by atoms with van der Waals surface area (Å²) in [5, 5.41) is 19.4. The van der Waals surface area contributed by atoms with Crippen molar-refractivity contribution in [3.63, 3.8) is 0 Å². The number of rotatable bonds is 3. The number of carbonyl (C=O) groups excluding carboxylic acids is 1. The number of likely N-dealkylation sites (tertiary alicyclic amines) is 1. The topological polar surface area (TPSA) is 76.9 Å². The molecule has 0 bridgehead atoms. The summed E-state index contributed by atoms with van der Waals surface area (Å²) < 4.78 is 14.2. The van der Waals surface area contributed by atoms with Gasteiger partial charge in [0.25, 0.3) is 0 Å². The van der Waals surface area contributed by atoms with Crippen molar-refractivity contribution in [2.24, 2.45) is 0 Å². The Kier molecular flexibility index (Phi) is 3.84. The number of likely N-dealkylation sites (N-methyl/N-ethyl adjacent to an activating group) is 1. The zero-order valence-corrected chi connectivity index (χ0v) is 15.1. The minimum absolute atomic E-state index is 0.0213. The number of halogens is 2. The van der Waals surface area contributed by atoms with E-state index in [2.05, 4.69) is 20.9 Å². The fourth-order valence-corrected chi connectivity index (χ4v) is 4.31. The van der Waals surface area contributed by atoms with Crippen molar-refractivity contribution in [2.75, 3.05) is 38.2 Å². The van der Waals surface area contributed by atoms with Gasteiger partial charge in [0.15, 0.2) is 0 Å². The molecule has 2 aliphatic rings. The van der Waals surface area contributed by atoms with Crippen molar-refractivity contribution in [3.8, 4) is 0 Å². The highest BCUT2D eigenvalue weighted by Gasteiger charge is 2.58. The lowest BCUT2D eigenvalue weighted by atomic mass is 9.73. The van der Waals surface area contributed by atoms with Crippen molar-refractivity contribution < 1.29 is 19.4 Å². The van der Waals surface area contributed by atoms with E-state index in [1.165, 1.54) is 6.07 Å². The number of hydrogen-bond donors (Lipinski definition) is 2. The first-order chi connectivity index (χ1) is 11.9. The molecule has 4 rings (SSSR count). The zero-order chi connectivity index (χ0) is 17.9. The molecule has 3 heterocycles. The molecule has 2 aromatic rings. The second-order valence-corrected chi connectivity index (χ2v) is 7.61. The standard InChI is InChI=1S/C17H17BrFN3O3/c1-21-14-4-20-13-3-12(19)11(18)2-10(13)15(14)17(16(21)25)7-22(8-17)5-9(24)6-23/h2-4,9,23-24H,5-8H2,1H3/t9-/m0/s1. The van der Waals surface area contributed by atoms with Crippen LogP contribution in [0.4, 0.5) is 10.1 Å². The molecule has 8 heteroatoms. The van der Waals surface area contributed by atoms with Gasteiger partial charge in [-0.25, -0.2) is 4.39 Å². The van der Waals surface area contributed by atoms with E-state index in [9.17, 15) is 14.3 Å². The van der Waals surface area contributed by atoms with Gasteiger partial charge < -0.3 is 15.1 Å². The Labute approximate surface area is 152 Å². The summed E-state index contributed by atoms with van der Waals surface area (Å²) in [5.41, 5.74) is 1.40. The molecular formula is C17H17BrFN3O3. The van der Waals surface area contributed by atoms with Crippen LogP contribution in [0.2, 0.25) is 0 Å². The summed E-state index contributed by atoms with van der Waals surface area (Å²) in [6, 6.07) is 3.04. The molecule has 0 unspecified atom stereocenters. The van der Waals surface area contributed by atoms with Gasteiger partial charge in [-0.15, -0.1) is 0 Å². The molecule has 0 radical (unpaired) electrons. The van der Waals surface area contributed by atoms with Crippen LogP contribution in [-0.2, 0) is 10.2 Å². The van der Waals surface area contributed by atoms with E-state index >= 15 is 0 Å². The number of hydrogen-bond acceptors (Lipinski definition) is 5. The van der Waals surface area contributed by atoms with Crippen LogP contribution >= 0.6 is 15.9 Å². The summed E-state index contributed by atoms with van der Waals surface area (Å²) in [6.07, 6.45) is 0.784. The fraction of sp³-hybridized carbons (Fsp3) is 0.412. The van der Waals surface area contributed by atoms with Gasteiger partial charge in [-0.05, 0) is 22.0 Å². The molecule has 1 fully saturated rings. The normalized spacial score (nSPS) is 20.2. The van der Waals surface area contributed by atoms with Gasteiger partial charge in [0.2, 0.25) is 5.91 Å². The minimum atomic E-state index is -0.830. The van der Waals surface area contributed by atoms with Gasteiger partial charge in [-0.1, -0.05) is 0 Å². The maximum atomic E-state index is 13.9. The average Bonchev–Trinajstić information content (AvgIpc) is 2.78. The van der Waals surface area contributed by atoms with Crippen molar-refractivity contribution >= 4 is 38.4 Å². The largest absolute Gasteiger partial charge is 0.394 e. The summed E-state index contributed by atoms with van der Waals surface area (Å²) in [7, 11) is 1.72. The zero-order valence-electron chi connectivity index (χ0n) is 13.5. The lowest BCUT2D eigenvalue weighted by molar-refractivity contribution is -0.130. The molecule has 1 saturated heterocycles. The minimum Gasteiger partial charge on any atom is -0.394 e. The predicted octanol–water partition coefficient (Wildman–Crippen LogP) is 1.02. The molecule has 2 N–H and O–H groups in total. The highest BCUT2D eigenvalue weighted by atomic mass is 79.9. The number of pyridine rings is 1. The Hall–Kier alpha value is -1.61. The number of amides is 1. The lowest BCUT2D eigenvalue weighted by Gasteiger charge is -2.47. The maximum absolute atomic E-state index is 13.9. The van der Waals surface area contributed by atoms with Crippen molar-refractivity contribution in [1.29, 1.82) is 0 Å². The first-order valence-electron chi connectivity index (χ1n) is 7.95. The molecule has 1 aromatic carbocycles. The van der Waals surface area contributed by atoms with E-state index in [-0.39, 0.29) is 12.5 Å². The van der Waals surface area contributed by atoms with Gasteiger partial charge in [0.1, 0.15) is 11.2 Å². The quantitative estimate of drug-likeness (QED) is 0.791. The molecule has 132 valence electrons. The van der Waals surface area contributed by atoms with Crippen LogP contribution in [0.1, 0.15) is 5.56 Å². The number of aromatic nitrogens is 1. The molecule has 0 aliphatic carbocycles. The van der Waals surface area contributed by atoms with Crippen LogP contribution in [0.15, 0.2) is 22.8 Å². The van der Waals surface area contributed by atoms with Crippen LogP contribution in [0.3, 0.4) is 0 Å². The van der Waals surface area contributed by atoms with Crippen molar-refractivity contribution in [1.82, 2.24) is 9.88 Å². The number of benzene rings is 1. The third-order valence-electron chi connectivity index (χ3n) is 5.11. The van der Waals surface area contributed by atoms with Gasteiger partial charge >= 0.3 is 0 Å². The van der Waals surface area contributed by atoms with E-state index in [1.807, 2.05) is 4.90 Å². The SMILES string of the molecule is CN1C(=O)C2(CN(C[C@H](O)CO)C2)c2c1cnc1cc(F)c(Br)cc21. The van der Waals surface area contributed by atoms with Gasteiger partial charge in [0.05, 0.1) is 34.6 Å². The first-order valence-corrected chi connectivity index (χ1v) is 8.74. The van der Waals surface area contributed by atoms with E-state index < -0.39 is 17.3 Å². The number of anilines is 1. The van der Waals surface area contributed by atoms with Crippen LogP contribution in [-0.4, -0.2) is 65.4 Å². The smallest absolute Gasteiger partial charge is 0.240 e.